The van der Waals surface area contributed by atoms with Gasteiger partial charge in [-0.1, -0.05) is 41.4 Å². The quantitative estimate of drug-likeness (QED) is 0.630. The lowest BCUT2D eigenvalue weighted by Crippen LogP contribution is -2.35. The highest BCUT2D eigenvalue weighted by Gasteiger charge is 2.39. The Hall–Kier alpha value is -2.34. The highest BCUT2D eigenvalue weighted by atomic mass is 35.5. The maximum Gasteiger partial charge on any atom is 0.278 e. The average molecular weight is 433 g/mol. The first-order chi connectivity index (χ1) is 13.8. The zero-order valence-corrected chi connectivity index (χ0v) is 18.0. The fourth-order valence-corrected chi connectivity index (χ4v) is 3.34. The minimum absolute atomic E-state index is 0.0122. The van der Waals surface area contributed by atoms with Gasteiger partial charge in [-0.05, 0) is 56.2 Å². The molecule has 0 fully saturated rings. The molecule has 1 N–H and O–H groups in total. The van der Waals surface area contributed by atoms with Gasteiger partial charge < -0.3 is 10.1 Å². The smallest absolute Gasteiger partial charge is 0.278 e. The highest BCUT2D eigenvalue weighted by molar-refractivity contribution is 6.37. The normalized spacial score (nSPS) is 14.3. The monoisotopic (exact) mass is 432 g/mol. The van der Waals surface area contributed by atoms with Gasteiger partial charge in [-0.15, -0.1) is 0 Å². The van der Waals surface area contributed by atoms with Gasteiger partial charge in [0.25, 0.3) is 11.8 Å². The van der Waals surface area contributed by atoms with E-state index in [0.29, 0.717) is 26.9 Å². The first kappa shape index (κ1) is 21.4. The van der Waals surface area contributed by atoms with Gasteiger partial charge in [0.2, 0.25) is 0 Å². The Morgan fingerprint density at radius 3 is 2.38 bits per heavy atom. The van der Waals surface area contributed by atoms with Crippen LogP contribution >= 0.6 is 23.2 Å². The fourth-order valence-electron chi connectivity index (χ4n) is 3.04. The van der Waals surface area contributed by atoms with Gasteiger partial charge in [-0.3, -0.25) is 14.5 Å². The second-order valence-corrected chi connectivity index (χ2v) is 7.82. The topological polar surface area (TPSA) is 58.6 Å². The Morgan fingerprint density at radius 2 is 1.72 bits per heavy atom. The summed E-state index contributed by atoms with van der Waals surface area (Å²) in [5.41, 5.74) is 2.59. The molecule has 0 aromatic heterocycles. The van der Waals surface area contributed by atoms with Crippen LogP contribution in [0.3, 0.4) is 0 Å². The molecule has 2 aromatic carbocycles. The van der Waals surface area contributed by atoms with Gasteiger partial charge in [0.15, 0.2) is 0 Å². The van der Waals surface area contributed by atoms with Crippen molar-refractivity contribution in [3.8, 4) is 0 Å². The minimum Gasteiger partial charge on any atom is -0.377 e. The van der Waals surface area contributed by atoms with E-state index in [-0.39, 0.29) is 30.9 Å². The number of benzene rings is 2. The van der Waals surface area contributed by atoms with Crippen LogP contribution in [-0.4, -0.2) is 36.0 Å². The third kappa shape index (κ3) is 4.64. The van der Waals surface area contributed by atoms with Gasteiger partial charge in [0.05, 0.1) is 24.8 Å². The standard InChI is InChI=1S/C22H22Cl2N2O3/c1-13(2)29-12-11-26-21(27)19(15-7-9-16(23)10-8-15)20(22(26)28)25-18-6-4-5-17(24)14(18)3/h4-10,13,25H,11-12H2,1-3H3. The van der Waals surface area contributed by atoms with E-state index in [0.717, 1.165) is 5.56 Å². The molecule has 0 bridgehead atoms. The fraction of sp³-hybridized carbons (Fsp3) is 0.273. The molecule has 0 radical (unpaired) electrons. The number of carbonyl (C=O) groups is 2. The molecule has 0 unspecified atom stereocenters. The third-order valence-electron chi connectivity index (χ3n) is 4.59. The summed E-state index contributed by atoms with van der Waals surface area (Å²) in [5, 5.41) is 4.25. The lowest BCUT2D eigenvalue weighted by Gasteiger charge is -2.17. The number of nitrogens with one attached hydrogen (secondary N) is 1. The molecule has 5 nitrogen and oxygen atoms in total. The first-order valence-electron chi connectivity index (χ1n) is 9.29. The first-order valence-corrected chi connectivity index (χ1v) is 10.1. The van der Waals surface area contributed by atoms with E-state index in [4.69, 9.17) is 27.9 Å². The van der Waals surface area contributed by atoms with E-state index in [1.54, 1.807) is 36.4 Å². The van der Waals surface area contributed by atoms with Crippen molar-refractivity contribution in [2.75, 3.05) is 18.5 Å². The molecule has 7 heteroatoms. The molecular formula is C22H22Cl2N2O3. The molecule has 29 heavy (non-hydrogen) atoms. The number of imide groups is 1. The van der Waals surface area contributed by atoms with Gasteiger partial charge in [-0.25, -0.2) is 0 Å². The van der Waals surface area contributed by atoms with E-state index >= 15 is 0 Å². The van der Waals surface area contributed by atoms with E-state index in [9.17, 15) is 9.59 Å². The minimum atomic E-state index is -0.397. The maximum atomic E-state index is 13.1. The molecule has 1 heterocycles. The summed E-state index contributed by atoms with van der Waals surface area (Å²) in [4.78, 5) is 27.4. The van der Waals surface area contributed by atoms with Crippen molar-refractivity contribution in [2.24, 2.45) is 0 Å². The van der Waals surface area contributed by atoms with Gasteiger partial charge >= 0.3 is 0 Å². The number of hydrogen-bond acceptors (Lipinski definition) is 4. The molecule has 0 saturated heterocycles. The van der Waals surface area contributed by atoms with Crippen LogP contribution < -0.4 is 5.32 Å². The molecule has 2 amide bonds. The second kappa shape index (κ2) is 8.99. The number of rotatable bonds is 7. The van der Waals surface area contributed by atoms with Crippen molar-refractivity contribution in [1.82, 2.24) is 4.90 Å². The van der Waals surface area contributed by atoms with Crippen molar-refractivity contribution < 1.29 is 14.3 Å². The Bertz CT molecular complexity index is 969. The third-order valence-corrected chi connectivity index (χ3v) is 5.26. The Balaban J connectivity index is 1.99. The number of anilines is 1. The summed E-state index contributed by atoms with van der Waals surface area (Å²) < 4.78 is 5.53. The zero-order valence-electron chi connectivity index (χ0n) is 16.5. The molecular weight excluding hydrogens is 411 g/mol. The van der Waals surface area contributed by atoms with Crippen molar-refractivity contribution in [1.29, 1.82) is 0 Å². The second-order valence-electron chi connectivity index (χ2n) is 6.98. The number of ether oxygens (including phenoxy) is 1. The van der Waals surface area contributed by atoms with Gasteiger partial charge in [-0.2, -0.15) is 0 Å². The van der Waals surface area contributed by atoms with Crippen molar-refractivity contribution >= 4 is 46.3 Å². The molecule has 1 aliphatic heterocycles. The van der Waals surface area contributed by atoms with Crippen LogP contribution in [0.4, 0.5) is 5.69 Å². The van der Waals surface area contributed by atoms with E-state index in [1.807, 2.05) is 26.8 Å². The molecule has 0 spiro atoms. The van der Waals surface area contributed by atoms with Gasteiger partial charge in [0, 0.05) is 15.7 Å². The summed E-state index contributed by atoms with van der Waals surface area (Å²) in [6.07, 6.45) is 0.0122. The van der Waals surface area contributed by atoms with Crippen LogP contribution in [-0.2, 0) is 14.3 Å². The Kier molecular flexibility index (Phi) is 6.63. The van der Waals surface area contributed by atoms with Crippen molar-refractivity contribution in [3.63, 3.8) is 0 Å². The van der Waals surface area contributed by atoms with Gasteiger partial charge in [0.1, 0.15) is 5.70 Å². The van der Waals surface area contributed by atoms with Crippen LogP contribution in [0.15, 0.2) is 48.2 Å². The van der Waals surface area contributed by atoms with E-state index in [2.05, 4.69) is 5.32 Å². The largest absolute Gasteiger partial charge is 0.377 e. The Morgan fingerprint density at radius 1 is 1.03 bits per heavy atom. The molecule has 2 aromatic rings. The SMILES string of the molecule is Cc1c(Cl)cccc1NC1=C(c2ccc(Cl)cc2)C(=O)N(CCOC(C)C)C1=O. The van der Waals surface area contributed by atoms with Crippen molar-refractivity contribution in [2.45, 2.75) is 26.9 Å². The summed E-state index contributed by atoms with van der Waals surface area (Å²) in [7, 11) is 0. The predicted octanol–water partition coefficient (Wildman–Crippen LogP) is 4.92. The summed E-state index contributed by atoms with van der Waals surface area (Å²) >= 11 is 12.2. The Labute approximate surface area is 180 Å². The molecule has 0 atom stereocenters. The number of hydrogen-bond donors (Lipinski definition) is 1. The number of amides is 2. The maximum absolute atomic E-state index is 13.1. The van der Waals surface area contributed by atoms with E-state index in [1.165, 1.54) is 4.90 Å². The molecule has 1 aliphatic rings. The van der Waals surface area contributed by atoms with E-state index < -0.39 is 5.91 Å². The zero-order chi connectivity index (χ0) is 21.1. The summed E-state index contributed by atoms with van der Waals surface area (Å²) in [6, 6.07) is 12.2. The van der Waals surface area contributed by atoms with Crippen LogP contribution in [0.2, 0.25) is 10.0 Å². The molecule has 3 rings (SSSR count). The lowest BCUT2D eigenvalue weighted by molar-refractivity contribution is -0.137. The van der Waals surface area contributed by atoms with Crippen LogP contribution in [0.5, 0.6) is 0 Å². The highest BCUT2D eigenvalue weighted by Crippen LogP contribution is 2.33. The molecule has 0 aliphatic carbocycles. The molecule has 0 saturated carbocycles. The number of nitrogens with zero attached hydrogens (tertiary/aromatic N) is 1. The number of halogens is 2. The van der Waals surface area contributed by atoms with Crippen LogP contribution in [0.1, 0.15) is 25.0 Å². The van der Waals surface area contributed by atoms with Crippen LogP contribution in [0, 0.1) is 6.92 Å². The number of carbonyl (C=O) groups excluding carboxylic acids is 2. The van der Waals surface area contributed by atoms with Crippen molar-refractivity contribution in [3.05, 3.63) is 69.3 Å². The van der Waals surface area contributed by atoms with Crippen LogP contribution in [0.25, 0.3) is 5.57 Å². The predicted molar refractivity (Wildman–Crippen MR) is 116 cm³/mol. The lowest BCUT2D eigenvalue weighted by atomic mass is 10.0. The summed E-state index contributed by atoms with van der Waals surface area (Å²) in [5.74, 6) is -0.765. The molecule has 152 valence electrons. The summed E-state index contributed by atoms with van der Waals surface area (Å²) in [6.45, 7) is 6.10. The average Bonchev–Trinajstić information content (AvgIpc) is 2.90.